The summed E-state index contributed by atoms with van der Waals surface area (Å²) < 4.78 is 0. The summed E-state index contributed by atoms with van der Waals surface area (Å²) in [6.45, 7) is 3.93. The van der Waals surface area contributed by atoms with Gasteiger partial charge in [0.2, 0.25) is 0 Å². The first kappa shape index (κ1) is 11.5. The molecule has 78 valence electrons. The Morgan fingerprint density at radius 1 is 1.33 bits per heavy atom. The van der Waals surface area contributed by atoms with Crippen LogP contribution in [0.4, 0.5) is 0 Å². The molecule has 0 N–H and O–H groups in total. The fourth-order valence-electron chi connectivity index (χ4n) is 1.37. The summed E-state index contributed by atoms with van der Waals surface area (Å²) in [4.78, 5) is 11.8. The van der Waals surface area contributed by atoms with E-state index in [4.69, 9.17) is 5.26 Å². The first-order valence-electron chi connectivity index (χ1n) is 5.13. The van der Waals surface area contributed by atoms with Crippen molar-refractivity contribution in [3.05, 3.63) is 35.9 Å². The molecule has 0 aromatic heterocycles. The second-order valence-corrected chi connectivity index (χ2v) is 3.97. The highest BCUT2D eigenvalue weighted by atomic mass is 16.1. The highest BCUT2D eigenvalue weighted by molar-refractivity contribution is 5.96. The number of nitriles is 1. The molecule has 0 aliphatic carbocycles. The molecule has 0 spiro atoms. The van der Waals surface area contributed by atoms with Gasteiger partial charge in [0.15, 0.2) is 5.78 Å². The molecule has 1 unspecified atom stereocenters. The van der Waals surface area contributed by atoms with Crippen molar-refractivity contribution in [2.75, 3.05) is 0 Å². The van der Waals surface area contributed by atoms with Crippen molar-refractivity contribution in [3.8, 4) is 6.07 Å². The average molecular weight is 201 g/mol. The van der Waals surface area contributed by atoms with Gasteiger partial charge in [-0.15, -0.1) is 0 Å². The summed E-state index contributed by atoms with van der Waals surface area (Å²) in [6.07, 6.45) is 0.318. The maximum Gasteiger partial charge on any atom is 0.164 e. The van der Waals surface area contributed by atoms with Gasteiger partial charge in [0.25, 0.3) is 0 Å². The van der Waals surface area contributed by atoms with Gasteiger partial charge in [0.1, 0.15) is 0 Å². The third-order valence-electron chi connectivity index (χ3n) is 2.47. The number of nitrogens with zero attached hydrogens (tertiary/aromatic N) is 1. The van der Waals surface area contributed by atoms with E-state index in [1.807, 2.05) is 32.0 Å². The van der Waals surface area contributed by atoms with Gasteiger partial charge in [-0.1, -0.05) is 44.2 Å². The van der Waals surface area contributed by atoms with Crippen LogP contribution in [0.2, 0.25) is 0 Å². The number of rotatable bonds is 4. The summed E-state index contributed by atoms with van der Waals surface area (Å²) in [5, 5.41) is 8.89. The molecule has 1 atom stereocenters. The third kappa shape index (κ3) is 3.21. The monoisotopic (exact) mass is 201 g/mol. The topological polar surface area (TPSA) is 40.9 Å². The van der Waals surface area contributed by atoms with Gasteiger partial charge < -0.3 is 0 Å². The Labute approximate surface area is 90.5 Å². The number of Topliss-reactive ketones (excluding diaryl/α,β-unsaturated/α-hetero) is 1. The first-order chi connectivity index (χ1) is 7.15. The van der Waals surface area contributed by atoms with E-state index in [2.05, 4.69) is 6.07 Å². The smallest absolute Gasteiger partial charge is 0.164 e. The second-order valence-electron chi connectivity index (χ2n) is 3.97. The van der Waals surface area contributed by atoms with E-state index < -0.39 is 0 Å². The first-order valence-corrected chi connectivity index (χ1v) is 5.13. The summed E-state index contributed by atoms with van der Waals surface area (Å²) in [5.74, 6) is 0.0937. The summed E-state index contributed by atoms with van der Waals surface area (Å²) >= 11 is 0. The lowest BCUT2D eigenvalue weighted by atomic mass is 9.90. The van der Waals surface area contributed by atoms with Crippen molar-refractivity contribution in [2.24, 2.45) is 11.8 Å². The summed E-state index contributed by atoms with van der Waals surface area (Å²) in [7, 11) is 0. The Bertz CT molecular complexity index is 362. The van der Waals surface area contributed by atoms with Gasteiger partial charge in [0, 0.05) is 12.0 Å². The lowest BCUT2D eigenvalue weighted by Gasteiger charge is -2.11. The van der Waals surface area contributed by atoms with Gasteiger partial charge in [-0.2, -0.15) is 5.26 Å². The van der Waals surface area contributed by atoms with E-state index in [9.17, 15) is 4.79 Å². The Morgan fingerprint density at radius 3 is 2.40 bits per heavy atom. The van der Waals surface area contributed by atoms with Crippen LogP contribution in [0.1, 0.15) is 30.6 Å². The van der Waals surface area contributed by atoms with Crippen molar-refractivity contribution in [1.29, 1.82) is 5.26 Å². The minimum atomic E-state index is -0.183. The predicted molar refractivity (Wildman–Crippen MR) is 59.3 cm³/mol. The zero-order chi connectivity index (χ0) is 11.3. The fourth-order valence-corrected chi connectivity index (χ4v) is 1.37. The maximum absolute atomic E-state index is 11.8. The molecular weight excluding hydrogens is 186 g/mol. The van der Waals surface area contributed by atoms with E-state index in [1.54, 1.807) is 12.1 Å². The number of carbonyl (C=O) groups excluding carboxylic acids is 1. The number of hydrogen-bond acceptors (Lipinski definition) is 2. The molecule has 0 heterocycles. The van der Waals surface area contributed by atoms with E-state index in [-0.39, 0.29) is 17.6 Å². The van der Waals surface area contributed by atoms with E-state index in [0.717, 1.165) is 0 Å². The van der Waals surface area contributed by atoms with Gasteiger partial charge in [-0.3, -0.25) is 4.79 Å². The molecule has 1 aromatic rings. The molecule has 0 amide bonds. The zero-order valence-corrected chi connectivity index (χ0v) is 9.10. The van der Waals surface area contributed by atoms with Gasteiger partial charge in [-0.05, 0) is 5.92 Å². The molecule has 1 rings (SSSR count). The molecule has 0 saturated heterocycles. The standard InChI is InChI=1S/C13H15NO/c1-10(2)12(9-14)8-13(15)11-6-4-3-5-7-11/h3-7,10,12H,8H2,1-2H3. The van der Waals surface area contributed by atoms with Crippen LogP contribution in [-0.4, -0.2) is 5.78 Å². The normalized spacial score (nSPS) is 12.1. The third-order valence-corrected chi connectivity index (χ3v) is 2.47. The molecule has 2 nitrogen and oxygen atoms in total. The second kappa shape index (κ2) is 5.31. The van der Waals surface area contributed by atoms with Crippen LogP contribution >= 0.6 is 0 Å². The van der Waals surface area contributed by atoms with Gasteiger partial charge >= 0.3 is 0 Å². The summed E-state index contributed by atoms with van der Waals surface area (Å²) in [5.41, 5.74) is 0.693. The number of hydrogen-bond donors (Lipinski definition) is 0. The molecule has 2 heteroatoms. The quantitative estimate of drug-likeness (QED) is 0.702. The van der Waals surface area contributed by atoms with Crippen molar-refractivity contribution < 1.29 is 4.79 Å². The van der Waals surface area contributed by atoms with Crippen LogP contribution in [-0.2, 0) is 0 Å². The number of carbonyl (C=O) groups is 1. The highest BCUT2D eigenvalue weighted by Crippen LogP contribution is 2.17. The maximum atomic E-state index is 11.8. The Balaban J connectivity index is 2.68. The van der Waals surface area contributed by atoms with Crippen LogP contribution in [0.25, 0.3) is 0 Å². The fraction of sp³-hybridized carbons (Fsp3) is 0.385. The summed E-state index contributed by atoms with van der Waals surface area (Å²) in [6, 6.07) is 11.3. The minimum absolute atomic E-state index is 0.0517. The zero-order valence-electron chi connectivity index (χ0n) is 9.10. The molecule has 0 aliphatic heterocycles. The molecule has 0 bridgehead atoms. The Kier molecular flexibility index (Phi) is 4.05. The molecular formula is C13H15NO. The molecule has 0 saturated carbocycles. The lowest BCUT2D eigenvalue weighted by molar-refractivity contribution is 0.0962. The molecule has 1 aromatic carbocycles. The highest BCUT2D eigenvalue weighted by Gasteiger charge is 2.17. The molecule has 15 heavy (non-hydrogen) atoms. The number of benzene rings is 1. The predicted octanol–water partition coefficient (Wildman–Crippen LogP) is 3.06. The van der Waals surface area contributed by atoms with Crippen LogP contribution in [0, 0.1) is 23.2 Å². The van der Waals surface area contributed by atoms with E-state index in [1.165, 1.54) is 0 Å². The van der Waals surface area contributed by atoms with Crippen molar-refractivity contribution in [2.45, 2.75) is 20.3 Å². The molecule has 0 radical (unpaired) electrons. The largest absolute Gasteiger partial charge is 0.294 e. The van der Waals surface area contributed by atoms with Crippen LogP contribution < -0.4 is 0 Å². The molecule has 0 fully saturated rings. The van der Waals surface area contributed by atoms with Crippen LogP contribution in [0.3, 0.4) is 0 Å². The van der Waals surface area contributed by atoms with Gasteiger partial charge in [0.05, 0.1) is 12.0 Å². The van der Waals surface area contributed by atoms with Crippen LogP contribution in [0.15, 0.2) is 30.3 Å². The van der Waals surface area contributed by atoms with E-state index in [0.29, 0.717) is 12.0 Å². The SMILES string of the molecule is CC(C)C(C#N)CC(=O)c1ccccc1. The van der Waals surface area contributed by atoms with Gasteiger partial charge in [-0.25, -0.2) is 0 Å². The molecule has 0 aliphatic rings. The number of ketones is 1. The van der Waals surface area contributed by atoms with Crippen molar-refractivity contribution in [1.82, 2.24) is 0 Å². The lowest BCUT2D eigenvalue weighted by Crippen LogP contribution is -2.12. The van der Waals surface area contributed by atoms with Crippen molar-refractivity contribution in [3.63, 3.8) is 0 Å². The Morgan fingerprint density at radius 2 is 1.93 bits per heavy atom. The minimum Gasteiger partial charge on any atom is -0.294 e. The van der Waals surface area contributed by atoms with Crippen molar-refractivity contribution >= 4 is 5.78 Å². The average Bonchev–Trinajstić information content (AvgIpc) is 2.26. The Hall–Kier alpha value is -1.62. The van der Waals surface area contributed by atoms with E-state index >= 15 is 0 Å². The van der Waals surface area contributed by atoms with Crippen LogP contribution in [0.5, 0.6) is 0 Å².